The molecule has 4 nitrogen and oxygen atoms in total. The van der Waals surface area contributed by atoms with E-state index in [4.69, 9.17) is 15.5 Å². The molecule has 1 aromatic carbocycles. The van der Waals surface area contributed by atoms with Crippen LogP contribution < -0.4 is 0 Å². The Morgan fingerprint density at radius 2 is 2.21 bits per heavy atom. The highest BCUT2D eigenvalue weighted by Gasteiger charge is 2.05. The van der Waals surface area contributed by atoms with E-state index in [2.05, 4.69) is 0 Å². The lowest BCUT2D eigenvalue weighted by molar-refractivity contribution is -0.136. The first kappa shape index (κ1) is 10.2. The summed E-state index contributed by atoms with van der Waals surface area (Å²) in [5.74, 6) is -0.939. The smallest absolute Gasteiger partial charge is 0.307 e. The van der Waals surface area contributed by atoms with Crippen molar-refractivity contribution < 1.29 is 15.0 Å². The molecule has 1 rings (SSSR count). The summed E-state index contributed by atoms with van der Waals surface area (Å²) < 4.78 is 0. The average Bonchev–Trinajstić information content (AvgIpc) is 2.16. The second-order valence-corrected chi connectivity index (χ2v) is 2.83. The van der Waals surface area contributed by atoms with E-state index < -0.39 is 5.97 Å². The van der Waals surface area contributed by atoms with Crippen LogP contribution in [-0.2, 0) is 17.8 Å². The van der Waals surface area contributed by atoms with Gasteiger partial charge in [-0.2, -0.15) is 5.26 Å². The molecule has 0 spiro atoms. The van der Waals surface area contributed by atoms with Gasteiger partial charge in [0, 0.05) is 0 Å². The number of rotatable bonds is 3. The van der Waals surface area contributed by atoms with Gasteiger partial charge in [0.25, 0.3) is 0 Å². The highest BCUT2D eigenvalue weighted by atomic mass is 16.4. The summed E-state index contributed by atoms with van der Waals surface area (Å²) in [6, 6.07) is 6.56. The lowest BCUT2D eigenvalue weighted by Crippen LogP contribution is -2.01. The first-order valence-electron chi connectivity index (χ1n) is 4.02. The number of carboxylic acid groups (broad SMARTS) is 1. The molecule has 14 heavy (non-hydrogen) atoms. The van der Waals surface area contributed by atoms with Crippen LogP contribution in [0.5, 0.6) is 0 Å². The van der Waals surface area contributed by atoms with Gasteiger partial charge in [0.15, 0.2) is 0 Å². The summed E-state index contributed by atoms with van der Waals surface area (Å²) in [4.78, 5) is 10.4. The number of hydrogen-bond donors (Lipinski definition) is 2. The minimum Gasteiger partial charge on any atom is -0.481 e. The van der Waals surface area contributed by atoms with Gasteiger partial charge in [-0.05, 0) is 17.2 Å². The fourth-order valence-electron chi connectivity index (χ4n) is 1.15. The molecule has 0 saturated carbocycles. The Bertz CT molecular complexity index is 393. The third kappa shape index (κ3) is 2.31. The minimum absolute atomic E-state index is 0.111. The highest BCUT2D eigenvalue weighted by molar-refractivity contribution is 5.70. The summed E-state index contributed by atoms with van der Waals surface area (Å²) in [6.45, 7) is -0.212. The number of aliphatic hydroxyl groups is 1. The van der Waals surface area contributed by atoms with Crippen molar-refractivity contribution in [3.05, 3.63) is 34.9 Å². The number of aliphatic carboxylic acids is 1. The van der Waals surface area contributed by atoms with Crippen molar-refractivity contribution in [2.45, 2.75) is 13.0 Å². The molecule has 0 fully saturated rings. The molecule has 0 amide bonds. The lowest BCUT2D eigenvalue weighted by Gasteiger charge is -2.02. The van der Waals surface area contributed by atoms with E-state index >= 15 is 0 Å². The first-order valence-corrected chi connectivity index (χ1v) is 4.02. The van der Waals surface area contributed by atoms with Crippen molar-refractivity contribution in [2.75, 3.05) is 0 Å². The Labute approximate surface area is 81.0 Å². The second kappa shape index (κ2) is 4.40. The molecule has 0 radical (unpaired) electrons. The molecule has 0 aliphatic rings. The van der Waals surface area contributed by atoms with Gasteiger partial charge < -0.3 is 10.2 Å². The maximum atomic E-state index is 10.4. The number of benzene rings is 1. The summed E-state index contributed by atoms with van der Waals surface area (Å²) >= 11 is 0. The number of nitriles is 1. The molecule has 0 saturated heterocycles. The van der Waals surface area contributed by atoms with Crippen LogP contribution in [-0.4, -0.2) is 16.2 Å². The van der Waals surface area contributed by atoms with Crippen LogP contribution in [0.1, 0.15) is 16.7 Å². The van der Waals surface area contributed by atoms with Crippen molar-refractivity contribution >= 4 is 5.97 Å². The van der Waals surface area contributed by atoms with Gasteiger partial charge in [0.05, 0.1) is 24.7 Å². The molecular formula is C10H9NO3. The van der Waals surface area contributed by atoms with E-state index in [9.17, 15) is 4.79 Å². The summed E-state index contributed by atoms with van der Waals surface area (Å²) in [6.07, 6.45) is -0.111. The van der Waals surface area contributed by atoms with Crippen molar-refractivity contribution in [1.82, 2.24) is 0 Å². The van der Waals surface area contributed by atoms with Gasteiger partial charge >= 0.3 is 5.97 Å². The number of carbonyl (C=O) groups is 1. The first-order chi connectivity index (χ1) is 6.67. The monoisotopic (exact) mass is 191 g/mol. The molecule has 72 valence electrons. The third-order valence-electron chi connectivity index (χ3n) is 1.82. The Balaban J connectivity index is 3.03. The topological polar surface area (TPSA) is 81.3 Å². The largest absolute Gasteiger partial charge is 0.481 e. The Morgan fingerprint density at radius 1 is 1.50 bits per heavy atom. The zero-order chi connectivity index (χ0) is 10.6. The maximum Gasteiger partial charge on any atom is 0.307 e. The van der Waals surface area contributed by atoms with Crippen LogP contribution in [0.4, 0.5) is 0 Å². The summed E-state index contributed by atoms with van der Waals surface area (Å²) in [5, 5.41) is 26.1. The number of nitrogens with zero attached hydrogens (tertiary/aromatic N) is 1. The average molecular weight is 191 g/mol. The van der Waals surface area contributed by atoms with Gasteiger partial charge in [-0.3, -0.25) is 4.79 Å². The molecule has 1 aromatic rings. The van der Waals surface area contributed by atoms with E-state index in [0.717, 1.165) is 0 Å². The third-order valence-corrected chi connectivity index (χ3v) is 1.82. The van der Waals surface area contributed by atoms with Crippen molar-refractivity contribution in [3.63, 3.8) is 0 Å². The SMILES string of the molecule is N#Cc1cc(CC(=O)O)ccc1CO. The normalized spacial score (nSPS) is 9.43. The van der Waals surface area contributed by atoms with E-state index in [1.807, 2.05) is 6.07 Å². The van der Waals surface area contributed by atoms with Crippen LogP contribution >= 0.6 is 0 Å². The molecule has 0 heterocycles. The standard InChI is InChI=1S/C10H9NO3/c11-5-9-3-7(4-10(13)14)1-2-8(9)6-12/h1-3,12H,4,6H2,(H,13,14). The summed E-state index contributed by atoms with van der Waals surface area (Å²) in [7, 11) is 0. The quantitative estimate of drug-likeness (QED) is 0.736. The molecule has 2 N–H and O–H groups in total. The van der Waals surface area contributed by atoms with Gasteiger partial charge in [-0.15, -0.1) is 0 Å². The van der Waals surface area contributed by atoms with Gasteiger partial charge in [0.2, 0.25) is 0 Å². The Hall–Kier alpha value is -1.86. The van der Waals surface area contributed by atoms with Crippen molar-refractivity contribution in [3.8, 4) is 6.07 Å². The number of aliphatic hydroxyl groups excluding tert-OH is 1. The van der Waals surface area contributed by atoms with E-state index in [1.54, 1.807) is 12.1 Å². The van der Waals surface area contributed by atoms with Crippen LogP contribution in [0.2, 0.25) is 0 Å². The second-order valence-electron chi connectivity index (χ2n) is 2.83. The molecule has 4 heteroatoms. The van der Waals surface area contributed by atoms with Gasteiger partial charge in [-0.1, -0.05) is 12.1 Å². The molecule has 0 aliphatic heterocycles. The molecule has 0 atom stereocenters. The van der Waals surface area contributed by atoms with Crippen LogP contribution in [0.25, 0.3) is 0 Å². The number of hydrogen-bond acceptors (Lipinski definition) is 3. The summed E-state index contributed by atoms with van der Waals surface area (Å²) in [5.41, 5.74) is 1.40. The predicted molar refractivity (Wildman–Crippen MR) is 48.4 cm³/mol. The molecule has 0 aromatic heterocycles. The van der Waals surface area contributed by atoms with Crippen LogP contribution in [0, 0.1) is 11.3 Å². The lowest BCUT2D eigenvalue weighted by atomic mass is 10.0. The zero-order valence-electron chi connectivity index (χ0n) is 7.40. The fraction of sp³-hybridized carbons (Fsp3) is 0.200. The van der Waals surface area contributed by atoms with Crippen LogP contribution in [0.15, 0.2) is 18.2 Å². The van der Waals surface area contributed by atoms with Crippen molar-refractivity contribution in [1.29, 1.82) is 5.26 Å². The Morgan fingerprint density at radius 3 is 2.71 bits per heavy atom. The minimum atomic E-state index is -0.939. The van der Waals surface area contributed by atoms with Gasteiger partial charge in [-0.25, -0.2) is 0 Å². The molecule has 0 unspecified atom stereocenters. The number of carboxylic acids is 1. The maximum absolute atomic E-state index is 10.4. The predicted octanol–water partition coefficient (Wildman–Crippen LogP) is 0.678. The van der Waals surface area contributed by atoms with Crippen molar-refractivity contribution in [2.24, 2.45) is 0 Å². The highest BCUT2D eigenvalue weighted by Crippen LogP contribution is 2.11. The molecule has 0 bridgehead atoms. The van der Waals surface area contributed by atoms with Gasteiger partial charge in [0.1, 0.15) is 0 Å². The Kier molecular flexibility index (Phi) is 3.21. The van der Waals surface area contributed by atoms with Crippen LogP contribution in [0.3, 0.4) is 0 Å². The van der Waals surface area contributed by atoms with E-state index in [-0.39, 0.29) is 13.0 Å². The molecular weight excluding hydrogens is 182 g/mol. The zero-order valence-corrected chi connectivity index (χ0v) is 7.40. The van der Waals surface area contributed by atoms with E-state index in [0.29, 0.717) is 16.7 Å². The molecule has 0 aliphatic carbocycles. The van der Waals surface area contributed by atoms with E-state index in [1.165, 1.54) is 6.07 Å². The fourth-order valence-corrected chi connectivity index (χ4v) is 1.15.